The number of para-hydroxylation sites is 1. The second kappa shape index (κ2) is 7.11. The number of rotatable bonds is 6. The van der Waals surface area contributed by atoms with Crippen molar-refractivity contribution in [3.05, 3.63) is 29.8 Å². The summed E-state index contributed by atoms with van der Waals surface area (Å²) in [5.41, 5.74) is 11.8. The van der Waals surface area contributed by atoms with Crippen molar-refractivity contribution < 1.29 is 14.3 Å². The lowest BCUT2D eigenvalue weighted by Crippen LogP contribution is -2.50. The van der Waals surface area contributed by atoms with Crippen LogP contribution in [0, 0.1) is 0 Å². The average molecular weight is 306 g/mol. The Hall–Kier alpha value is -1.59. The summed E-state index contributed by atoms with van der Waals surface area (Å²) in [6.45, 7) is 4.48. The normalized spacial score (nSPS) is 20.6. The van der Waals surface area contributed by atoms with Gasteiger partial charge in [-0.25, -0.2) is 0 Å². The van der Waals surface area contributed by atoms with Crippen LogP contribution in [0.25, 0.3) is 0 Å². The van der Waals surface area contributed by atoms with E-state index in [1.807, 2.05) is 38.1 Å². The van der Waals surface area contributed by atoms with E-state index < -0.39 is 11.6 Å². The number of hydrogen-bond acceptors (Lipinski definition) is 5. The van der Waals surface area contributed by atoms with E-state index >= 15 is 0 Å². The Bertz CT molecular complexity index is 516. The van der Waals surface area contributed by atoms with Crippen molar-refractivity contribution in [3.63, 3.8) is 0 Å². The van der Waals surface area contributed by atoms with Gasteiger partial charge in [0.25, 0.3) is 0 Å². The van der Waals surface area contributed by atoms with Crippen molar-refractivity contribution in [2.45, 2.75) is 57.3 Å². The number of nitrogens with two attached hydrogens (primary N) is 2. The molecule has 1 unspecified atom stereocenters. The smallest absolute Gasteiger partial charge is 0.323 e. The quantitative estimate of drug-likeness (QED) is 0.618. The van der Waals surface area contributed by atoms with Crippen molar-refractivity contribution in [2.75, 3.05) is 6.54 Å². The fourth-order valence-corrected chi connectivity index (χ4v) is 2.60. The number of carbonyl (C=O) groups is 1. The molecule has 0 aromatic heterocycles. The van der Waals surface area contributed by atoms with Gasteiger partial charge in [-0.15, -0.1) is 0 Å². The van der Waals surface area contributed by atoms with Crippen LogP contribution < -0.4 is 16.2 Å². The van der Waals surface area contributed by atoms with E-state index in [0.29, 0.717) is 19.4 Å². The third-order valence-corrected chi connectivity index (χ3v) is 4.06. The first-order chi connectivity index (χ1) is 10.4. The van der Waals surface area contributed by atoms with Gasteiger partial charge in [-0.1, -0.05) is 24.6 Å². The monoisotopic (exact) mass is 306 g/mol. The molecule has 0 saturated heterocycles. The van der Waals surface area contributed by atoms with E-state index in [1.54, 1.807) is 0 Å². The molecular weight excluding hydrogens is 280 g/mol. The predicted molar refractivity (Wildman–Crippen MR) is 85.6 cm³/mol. The summed E-state index contributed by atoms with van der Waals surface area (Å²) in [5, 5.41) is 0. The van der Waals surface area contributed by atoms with Crippen molar-refractivity contribution in [1.29, 1.82) is 0 Å². The first kappa shape index (κ1) is 16.8. The van der Waals surface area contributed by atoms with Gasteiger partial charge in [0.05, 0.1) is 0 Å². The van der Waals surface area contributed by atoms with Crippen molar-refractivity contribution in [2.24, 2.45) is 11.5 Å². The number of unbranched alkanes of at least 4 members (excludes halogenated alkanes) is 1. The number of fused-ring (bicyclic) bond motifs is 1. The molecule has 2 atom stereocenters. The Morgan fingerprint density at radius 1 is 1.41 bits per heavy atom. The molecule has 1 aliphatic rings. The van der Waals surface area contributed by atoms with Crippen LogP contribution in [-0.2, 0) is 16.0 Å². The molecule has 2 rings (SSSR count). The number of benzene rings is 1. The number of carbonyl (C=O) groups excluding carboxylic acids is 1. The van der Waals surface area contributed by atoms with E-state index in [0.717, 1.165) is 24.2 Å². The molecule has 5 nitrogen and oxygen atoms in total. The third-order valence-electron chi connectivity index (χ3n) is 4.06. The van der Waals surface area contributed by atoms with E-state index in [-0.39, 0.29) is 12.1 Å². The van der Waals surface area contributed by atoms with E-state index in [4.69, 9.17) is 20.9 Å². The molecule has 22 heavy (non-hydrogen) atoms. The maximum atomic E-state index is 12.2. The van der Waals surface area contributed by atoms with Crippen molar-refractivity contribution in [1.82, 2.24) is 0 Å². The van der Waals surface area contributed by atoms with Crippen LogP contribution in [0.5, 0.6) is 5.75 Å². The lowest BCUT2D eigenvalue weighted by atomic mass is 9.91. The van der Waals surface area contributed by atoms with Crippen LogP contribution >= 0.6 is 0 Å². The minimum absolute atomic E-state index is 0.338. The summed E-state index contributed by atoms with van der Waals surface area (Å²) >= 11 is 0. The Morgan fingerprint density at radius 3 is 2.86 bits per heavy atom. The zero-order valence-electron chi connectivity index (χ0n) is 13.4. The molecule has 1 aromatic carbocycles. The van der Waals surface area contributed by atoms with Gasteiger partial charge in [-0.2, -0.15) is 0 Å². The van der Waals surface area contributed by atoms with E-state index in [1.165, 1.54) is 0 Å². The highest BCUT2D eigenvalue weighted by Crippen LogP contribution is 2.34. The van der Waals surface area contributed by atoms with Crippen LogP contribution in [0.4, 0.5) is 0 Å². The van der Waals surface area contributed by atoms with Crippen LogP contribution in [0.3, 0.4) is 0 Å². The van der Waals surface area contributed by atoms with E-state index in [9.17, 15) is 4.79 Å². The Balaban J connectivity index is 1.98. The Labute approximate surface area is 132 Å². The highest BCUT2D eigenvalue weighted by atomic mass is 16.6. The standard InChI is InChI=1S/C17H26N2O3/c1-17(2)15(11-12-7-3-4-9-14(12)22-17)21-16(20)13(19)8-5-6-10-18/h3-4,7,9,13,15H,5-6,8,10-11,18-19H2,1-2H3/t13-,15?/m0/s1. The molecule has 0 saturated carbocycles. The lowest BCUT2D eigenvalue weighted by molar-refractivity contribution is -0.163. The van der Waals surface area contributed by atoms with E-state index in [2.05, 4.69) is 0 Å². The van der Waals surface area contributed by atoms with Crippen molar-refractivity contribution in [3.8, 4) is 5.75 Å². The Kier molecular flexibility index (Phi) is 5.42. The summed E-state index contributed by atoms with van der Waals surface area (Å²) in [7, 11) is 0. The molecule has 0 bridgehead atoms. The number of ether oxygens (including phenoxy) is 2. The van der Waals surface area contributed by atoms with Gasteiger partial charge in [0, 0.05) is 6.42 Å². The molecule has 1 aromatic rings. The minimum atomic E-state index is -0.598. The summed E-state index contributed by atoms with van der Waals surface area (Å²) in [6.07, 6.45) is 2.60. The zero-order valence-corrected chi connectivity index (χ0v) is 13.4. The first-order valence-electron chi connectivity index (χ1n) is 7.87. The SMILES string of the molecule is CC1(C)Oc2ccccc2CC1OC(=O)[C@@H](N)CCCCN. The summed E-state index contributed by atoms with van der Waals surface area (Å²) in [6, 6.07) is 7.23. The average Bonchev–Trinajstić information content (AvgIpc) is 2.47. The number of esters is 1. The molecule has 122 valence electrons. The molecule has 5 heteroatoms. The van der Waals surface area contributed by atoms with Gasteiger partial charge in [-0.05, 0) is 44.9 Å². The van der Waals surface area contributed by atoms with Gasteiger partial charge in [0.15, 0.2) is 0 Å². The third kappa shape index (κ3) is 3.99. The topological polar surface area (TPSA) is 87.6 Å². The molecule has 1 heterocycles. The highest BCUT2D eigenvalue weighted by Gasteiger charge is 2.40. The minimum Gasteiger partial charge on any atom is -0.484 e. The molecule has 0 amide bonds. The summed E-state index contributed by atoms with van der Waals surface area (Å²) in [5.74, 6) is 0.491. The second-order valence-electron chi connectivity index (χ2n) is 6.33. The number of hydrogen-bond donors (Lipinski definition) is 2. The first-order valence-corrected chi connectivity index (χ1v) is 7.87. The second-order valence-corrected chi connectivity index (χ2v) is 6.33. The highest BCUT2D eigenvalue weighted by molar-refractivity contribution is 5.75. The Morgan fingerprint density at radius 2 is 2.14 bits per heavy atom. The predicted octanol–water partition coefficient (Wildman–Crippen LogP) is 1.77. The molecule has 0 fully saturated rings. The molecule has 0 spiro atoms. The van der Waals surface area contributed by atoms with Crippen LogP contribution in [-0.4, -0.2) is 30.3 Å². The maximum absolute atomic E-state index is 12.2. The lowest BCUT2D eigenvalue weighted by Gasteiger charge is -2.39. The largest absolute Gasteiger partial charge is 0.484 e. The van der Waals surface area contributed by atoms with Gasteiger partial charge >= 0.3 is 5.97 Å². The molecule has 1 aliphatic heterocycles. The van der Waals surface area contributed by atoms with Gasteiger partial charge in [0.2, 0.25) is 0 Å². The molecule has 0 radical (unpaired) electrons. The fraction of sp³-hybridized carbons (Fsp3) is 0.588. The van der Waals surface area contributed by atoms with Crippen LogP contribution in [0.15, 0.2) is 24.3 Å². The van der Waals surface area contributed by atoms with Gasteiger partial charge in [0.1, 0.15) is 23.5 Å². The van der Waals surface area contributed by atoms with Crippen LogP contribution in [0.2, 0.25) is 0 Å². The molecule has 4 N–H and O–H groups in total. The van der Waals surface area contributed by atoms with Gasteiger partial charge < -0.3 is 20.9 Å². The van der Waals surface area contributed by atoms with Crippen LogP contribution in [0.1, 0.15) is 38.7 Å². The zero-order chi connectivity index (χ0) is 16.2. The maximum Gasteiger partial charge on any atom is 0.323 e. The molecular formula is C17H26N2O3. The molecule has 0 aliphatic carbocycles. The fourth-order valence-electron chi connectivity index (χ4n) is 2.60. The summed E-state index contributed by atoms with van der Waals surface area (Å²) < 4.78 is 11.6. The summed E-state index contributed by atoms with van der Waals surface area (Å²) in [4.78, 5) is 12.2. The van der Waals surface area contributed by atoms with Gasteiger partial charge in [-0.3, -0.25) is 4.79 Å². The van der Waals surface area contributed by atoms with Crippen molar-refractivity contribution >= 4 is 5.97 Å².